The third-order valence-electron chi connectivity index (χ3n) is 4.52. The largest absolute Gasteiger partial charge is 0.383 e. The zero-order valence-electron chi connectivity index (χ0n) is 16.0. The summed E-state index contributed by atoms with van der Waals surface area (Å²) in [5.41, 5.74) is 1.81. The van der Waals surface area contributed by atoms with Crippen LogP contribution in [0.3, 0.4) is 0 Å². The summed E-state index contributed by atoms with van der Waals surface area (Å²) >= 11 is 1.33. The van der Waals surface area contributed by atoms with Crippen LogP contribution in [0.5, 0.6) is 0 Å². The number of nitrogens with zero attached hydrogens (tertiary/aromatic N) is 3. The van der Waals surface area contributed by atoms with E-state index in [1.165, 1.54) is 21.1 Å². The van der Waals surface area contributed by atoms with E-state index < -0.39 is 0 Å². The molecule has 8 heteroatoms. The van der Waals surface area contributed by atoms with Crippen LogP contribution in [-0.4, -0.2) is 67.5 Å². The van der Waals surface area contributed by atoms with Gasteiger partial charge in [-0.15, -0.1) is 11.3 Å². The Hall–Kier alpha value is -2.71. The molecule has 1 saturated heterocycles. The molecular weight excluding hydrogens is 378 g/mol. The Morgan fingerprint density at radius 3 is 2.75 bits per heavy atom. The number of carbonyl (C=O) groups excluding carboxylic acids is 3. The predicted molar refractivity (Wildman–Crippen MR) is 107 cm³/mol. The molecule has 3 amide bonds. The Kier molecular flexibility index (Phi) is 6.43. The third kappa shape index (κ3) is 4.58. The third-order valence-corrected chi connectivity index (χ3v) is 5.37. The molecule has 0 radical (unpaired) electrons. The Morgan fingerprint density at radius 2 is 2.07 bits per heavy atom. The van der Waals surface area contributed by atoms with E-state index in [0.717, 1.165) is 11.3 Å². The number of benzene rings is 1. The Bertz CT molecular complexity index is 853. The van der Waals surface area contributed by atoms with E-state index in [9.17, 15) is 14.4 Å². The number of thiophene rings is 1. The predicted octanol–water partition coefficient (Wildman–Crippen LogP) is 1.98. The van der Waals surface area contributed by atoms with Crippen molar-refractivity contribution in [1.82, 2.24) is 9.80 Å². The number of hydrogen-bond donors (Lipinski definition) is 0. The van der Waals surface area contributed by atoms with E-state index in [0.29, 0.717) is 18.0 Å². The molecular formula is C20H23N3O4S. The molecule has 0 unspecified atom stereocenters. The van der Waals surface area contributed by atoms with E-state index in [1.807, 2.05) is 36.6 Å². The summed E-state index contributed by atoms with van der Waals surface area (Å²) in [6.07, 6.45) is 0. The molecule has 0 N–H and O–H groups in total. The molecule has 0 bridgehead atoms. The number of hydrogen-bond acceptors (Lipinski definition) is 5. The summed E-state index contributed by atoms with van der Waals surface area (Å²) in [4.78, 5) is 43.0. The lowest BCUT2D eigenvalue weighted by Gasteiger charge is -2.24. The van der Waals surface area contributed by atoms with Crippen molar-refractivity contribution in [3.8, 4) is 0 Å². The molecule has 28 heavy (non-hydrogen) atoms. The maximum absolute atomic E-state index is 12.8. The van der Waals surface area contributed by atoms with Gasteiger partial charge in [0.1, 0.15) is 19.8 Å². The van der Waals surface area contributed by atoms with Gasteiger partial charge in [0.25, 0.3) is 5.91 Å². The van der Waals surface area contributed by atoms with Crippen molar-refractivity contribution >= 4 is 34.7 Å². The molecule has 1 aliphatic heterocycles. The van der Waals surface area contributed by atoms with Crippen molar-refractivity contribution < 1.29 is 19.1 Å². The lowest BCUT2D eigenvalue weighted by Crippen LogP contribution is -2.43. The maximum atomic E-state index is 12.8. The topological polar surface area (TPSA) is 70.2 Å². The first-order valence-electron chi connectivity index (χ1n) is 8.96. The second kappa shape index (κ2) is 8.99. The van der Waals surface area contributed by atoms with Crippen LogP contribution in [0.15, 0.2) is 41.8 Å². The van der Waals surface area contributed by atoms with Crippen LogP contribution in [0, 0.1) is 6.92 Å². The number of amides is 3. The molecule has 1 fully saturated rings. The minimum absolute atomic E-state index is 0.0120. The fraction of sp³-hybridized carbons (Fsp3) is 0.350. The van der Waals surface area contributed by atoms with Crippen molar-refractivity contribution in [1.29, 1.82) is 0 Å². The number of anilines is 1. The minimum atomic E-state index is -0.260. The number of ether oxygens (including phenoxy) is 1. The van der Waals surface area contributed by atoms with Gasteiger partial charge in [-0.05, 0) is 36.1 Å². The second-order valence-corrected chi connectivity index (χ2v) is 7.54. The van der Waals surface area contributed by atoms with Crippen LogP contribution < -0.4 is 4.90 Å². The fourth-order valence-electron chi connectivity index (χ4n) is 3.01. The lowest BCUT2D eigenvalue weighted by molar-refractivity contribution is -0.132. The van der Waals surface area contributed by atoms with Gasteiger partial charge in [-0.25, -0.2) is 0 Å². The number of methoxy groups -OCH3 is 1. The first-order chi connectivity index (χ1) is 13.5. The van der Waals surface area contributed by atoms with Crippen LogP contribution in [-0.2, 0) is 14.3 Å². The van der Waals surface area contributed by atoms with Crippen LogP contribution in [0.2, 0.25) is 0 Å². The second-order valence-electron chi connectivity index (χ2n) is 6.59. The number of aryl methyl sites for hydroxylation is 1. The van der Waals surface area contributed by atoms with E-state index in [1.54, 1.807) is 24.1 Å². The van der Waals surface area contributed by atoms with Crippen molar-refractivity contribution in [2.24, 2.45) is 0 Å². The summed E-state index contributed by atoms with van der Waals surface area (Å²) in [7, 11) is 1.55. The molecule has 148 valence electrons. The monoisotopic (exact) mass is 401 g/mol. The van der Waals surface area contributed by atoms with Gasteiger partial charge in [-0.3, -0.25) is 19.3 Å². The molecule has 2 heterocycles. The highest BCUT2D eigenvalue weighted by atomic mass is 32.1. The van der Waals surface area contributed by atoms with Gasteiger partial charge in [0, 0.05) is 19.3 Å². The van der Waals surface area contributed by atoms with Crippen molar-refractivity contribution in [3.63, 3.8) is 0 Å². The molecule has 1 aliphatic rings. The van der Waals surface area contributed by atoms with E-state index in [-0.39, 0.29) is 37.5 Å². The van der Waals surface area contributed by atoms with Gasteiger partial charge in [-0.1, -0.05) is 18.2 Å². The van der Waals surface area contributed by atoms with Crippen LogP contribution in [0.4, 0.5) is 5.69 Å². The average molecular weight is 401 g/mol. The minimum Gasteiger partial charge on any atom is -0.383 e. The normalized spacial score (nSPS) is 13.9. The van der Waals surface area contributed by atoms with Crippen LogP contribution >= 0.6 is 11.3 Å². The highest BCUT2D eigenvalue weighted by Gasteiger charge is 2.33. The Labute approximate surface area is 168 Å². The smallest absolute Gasteiger partial charge is 0.264 e. The highest BCUT2D eigenvalue weighted by molar-refractivity contribution is 7.12. The Balaban J connectivity index is 1.68. The van der Waals surface area contributed by atoms with Gasteiger partial charge in [0.05, 0.1) is 11.5 Å². The summed E-state index contributed by atoms with van der Waals surface area (Å²) < 4.78 is 5.07. The Morgan fingerprint density at radius 1 is 1.25 bits per heavy atom. The first-order valence-corrected chi connectivity index (χ1v) is 9.84. The number of carbonyl (C=O) groups is 3. The summed E-state index contributed by atoms with van der Waals surface area (Å²) in [6, 6.07) is 11.1. The van der Waals surface area contributed by atoms with Crippen molar-refractivity contribution in [3.05, 3.63) is 52.2 Å². The molecule has 0 spiro atoms. The van der Waals surface area contributed by atoms with Gasteiger partial charge >= 0.3 is 0 Å². The van der Waals surface area contributed by atoms with Crippen molar-refractivity contribution in [2.45, 2.75) is 6.92 Å². The molecule has 0 saturated carbocycles. The quantitative estimate of drug-likeness (QED) is 0.711. The lowest BCUT2D eigenvalue weighted by atomic mass is 10.2. The van der Waals surface area contributed by atoms with Gasteiger partial charge in [-0.2, -0.15) is 0 Å². The molecule has 2 aromatic rings. The molecule has 3 rings (SSSR count). The first kappa shape index (κ1) is 20.0. The zero-order valence-corrected chi connectivity index (χ0v) is 16.8. The molecule has 0 atom stereocenters. The summed E-state index contributed by atoms with van der Waals surface area (Å²) in [5, 5.41) is 1.82. The summed E-state index contributed by atoms with van der Waals surface area (Å²) in [6.45, 7) is 2.71. The van der Waals surface area contributed by atoms with Gasteiger partial charge in [0.2, 0.25) is 11.8 Å². The SMILES string of the molecule is COCCN(CC(=O)N1CC(=O)N(c2cccc(C)c2)C1)C(=O)c1cccs1. The standard InChI is InChI=1S/C20H23N3O4S/c1-15-5-3-6-16(11-15)23-14-22(13-19(23)25)18(24)12-21(8-9-27-2)20(26)17-7-4-10-28-17/h3-7,10-11H,8-9,12-14H2,1-2H3. The van der Waals surface area contributed by atoms with E-state index >= 15 is 0 Å². The van der Waals surface area contributed by atoms with Crippen LogP contribution in [0.1, 0.15) is 15.2 Å². The molecule has 1 aromatic carbocycles. The molecule has 0 aliphatic carbocycles. The highest BCUT2D eigenvalue weighted by Crippen LogP contribution is 2.21. The fourth-order valence-corrected chi connectivity index (χ4v) is 3.70. The van der Waals surface area contributed by atoms with Gasteiger partial charge < -0.3 is 14.5 Å². The van der Waals surface area contributed by atoms with E-state index in [2.05, 4.69) is 0 Å². The van der Waals surface area contributed by atoms with Crippen molar-refractivity contribution in [2.75, 3.05) is 44.9 Å². The van der Waals surface area contributed by atoms with E-state index in [4.69, 9.17) is 4.74 Å². The molecule has 7 nitrogen and oxygen atoms in total. The molecule has 1 aromatic heterocycles. The zero-order chi connectivity index (χ0) is 20.1. The summed E-state index contributed by atoms with van der Waals surface area (Å²) in [5.74, 6) is -0.599. The van der Waals surface area contributed by atoms with Crippen LogP contribution in [0.25, 0.3) is 0 Å². The average Bonchev–Trinajstić information content (AvgIpc) is 3.34. The number of rotatable bonds is 7. The van der Waals surface area contributed by atoms with Gasteiger partial charge in [0.15, 0.2) is 0 Å². The maximum Gasteiger partial charge on any atom is 0.264 e.